The molecule has 0 radical (unpaired) electrons. The minimum absolute atomic E-state index is 0.148. The van der Waals surface area contributed by atoms with Crippen molar-refractivity contribution in [1.82, 2.24) is 10.1 Å². The van der Waals surface area contributed by atoms with Crippen molar-refractivity contribution in [2.24, 2.45) is 0 Å². The molecule has 0 amide bonds. The highest BCUT2D eigenvalue weighted by Crippen LogP contribution is 2.28. The molecule has 0 fully saturated rings. The van der Waals surface area contributed by atoms with Gasteiger partial charge in [-0.05, 0) is 18.2 Å². The predicted molar refractivity (Wildman–Crippen MR) is 57.0 cm³/mol. The standard InChI is InChI=1S/C11H10N2O4/c1-15-9-3-2-8(5-14)4-10(9)16-6-11-12-7-17-13-11/h2-5,7H,6H2,1H3. The third-order valence-electron chi connectivity index (χ3n) is 2.09. The van der Waals surface area contributed by atoms with Gasteiger partial charge in [-0.3, -0.25) is 4.79 Å². The fourth-order valence-electron chi connectivity index (χ4n) is 1.28. The molecule has 0 atom stereocenters. The summed E-state index contributed by atoms with van der Waals surface area (Å²) in [4.78, 5) is 14.5. The van der Waals surface area contributed by atoms with Gasteiger partial charge in [0, 0.05) is 5.56 Å². The number of benzene rings is 1. The van der Waals surface area contributed by atoms with Gasteiger partial charge < -0.3 is 14.0 Å². The van der Waals surface area contributed by atoms with Gasteiger partial charge in [-0.15, -0.1) is 0 Å². The van der Waals surface area contributed by atoms with Crippen LogP contribution in [0.1, 0.15) is 16.2 Å². The van der Waals surface area contributed by atoms with Crippen molar-refractivity contribution in [2.75, 3.05) is 7.11 Å². The van der Waals surface area contributed by atoms with Gasteiger partial charge in [-0.25, -0.2) is 0 Å². The zero-order valence-corrected chi connectivity index (χ0v) is 9.12. The number of ether oxygens (including phenoxy) is 2. The van der Waals surface area contributed by atoms with Crippen LogP contribution in [0.4, 0.5) is 0 Å². The van der Waals surface area contributed by atoms with Crippen LogP contribution in [-0.4, -0.2) is 23.5 Å². The number of carbonyl (C=O) groups is 1. The Bertz CT molecular complexity index is 496. The lowest BCUT2D eigenvalue weighted by atomic mass is 10.2. The van der Waals surface area contributed by atoms with E-state index in [2.05, 4.69) is 14.7 Å². The van der Waals surface area contributed by atoms with E-state index < -0.39 is 0 Å². The van der Waals surface area contributed by atoms with E-state index in [1.54, 1.807) is 18.2 Å². The normalized spacial score (nSPS) is 9.94. The summed E-state index contributed by atoms with van der Waals surface area (Å²) in [5, 5.41) is 3.61. The third kappa shape index (κ3) is 2.60. The first-order chi connectivity index (χ1) is 8.33. The van der Waals surface area contributed by atoms with Crippen molar-refractivity contribution in [1.29, 1.82) is 0 Å². The summed E-state index contributed by atoms with van der Waals surface area (Å²) >= 11 is 0. The molecule has 1 heterocycles. The van der Waals surface area contributed by atoms with Gasteiger partial charge in [0.25, 0.3) is 0 Å². The average Bonchev–Trinajstić information content (AvgIpc) is 2.89. The van der Waals surface area contributed by atoms with E-state index in [0.29, 0.717) is 22.9 Å². The quantitative estimate of drug-likeness (QED) is 0.729. The highest BCUT2D eigenvalue weighted by Gasteiger charge is 2.07. The summed E-state index contributed by atoms with van der Waals surface area (Å²) in [6, 6.07) is 4.90. The monoisotopic (exact) mass is 234 g/mol. The van der Waals surface area contributed by atoms with Crippen LogP contribution in [0.3, 0.4) is 0 Å². The van der Waals surface area contributed by atoms with Crippen LogP contribution < -0.4 is 9.47 Å². The molecule has 88 valence electrons. The van der Waals surface area contributed by atoms with E-state index in [4.69, 9.17) is 9.47 Å². The molecular weight excluding hydrogens is 224 g/mol. The van der Waals surface area contributed by atoms with Crippen LogP contribution in [0.25, 0.3) is 0 Å². The molecule has 0 saturated heterocycles. The summed E-state index contributed by atoms with van der Waals surface area (Å²) in [6.45, 7) is 0.148. The van der Waals surface area contributed by atoms with E-state index in [-0.39, 0.29) is 6.61 Å². The van der Waals surface area contributed by atoms with Gasteiger partial charge in [-0.2, -0.15) is 4.98 Å². The number of nitrogens with zero attached hydrogens (tertiary/aromatic N) is 2. The largest absolute Gasteiger partial charge is 0.493 e. The fourth-order valence-corrected chi connectivity index (χ4v) is 1.28. The van der Waals surface area contributed by atoms with Crippen LogP contribution in [0.15, 0.2) is 29.1 Å². The average molecular weight is 234 g/mol. The molecule has 0 aliphatic heterocycles. The molecule has 0 spiro atoms. The lowest BCUT2D eigenvalue weighted by Gasteiger charge is -2.09. The Labute approximate surface area is 97.2 Å². The summed E-state index contributed by atoms with van der Waals surface area (Å²) in [5.41, 5.74) is 0.508. The van der Waals surface area contributed by atoms with E-state index >= 15 is 0 Å². The van der Waals surface area contributed by atoms with Crippen molar-refractivity contribution < 1.29 is 18.8 Å². The summed E-state index contributed by atoms with van der Waals surface area (Å²) in [7, 11) is 1.52. The number of methoxy groups -OCH3 is 1. The third-order valence-corrected chi connectivity index (χ3v) is 2.09. The number of aldehydes is 1. The number of rotatable bonds is 5. The Hall–Kier alpha value is -2.37. The maximum Gasteiger partial charge on any atom is 0.213 e. The summed E-state index contributed by atoms with van der Waals surface area (Å²) < 4.78 is 15.1. The van der Waals surface area contributed by atoms with Crippen LogP contribution >= 0.6 is 0 Å². The second kappa shape index (κ2) is 5.11. The highest BCUT2D eigenvalue weighted by atomic mass is 16.5. The first kappa shape index (κ1) is 11.1. The number of hydrogen-bond acceptors (Lipinski definition) is 6. The molecule has 1 aromatic carbocycles. The first-order valence-electron chi connectivity index (χ1n) is 4.84. The van der Waals surface area contributed by atoms with E-state index in [1.165, 1.54) is 13.5 Å². The summed E-state index contributed by atoms with van der Waals surface area (Å²) in [5.74, 6) is 1.42. The van der Waals surface area contributed by atoms with Crippen molar-refractivity contribution in [3.05, 3.63) is 36.0 Å². The maximum absolute atomic E-state index is 10.7. The van der Waals surface area contributed by atoms with E-state index in [9.17, 15) is 4.79 Å². The molecule has 0 aliphatic rings. The lowest BCUT2D eigenvalue weighted by Crippen LogP contribution is -2.00. The molecule has 0 unspecified atom stereocenters. The zero-order valence-electron chi connectivity index (χ0n) is 9.12. The molecule has 1 aromatic heterocycles. The minimum Gasteiger partial charge on any atom is -0.493 e. The Morgan fingerprint density at radius 1 is 1.41 bits per heavy atom. The summed E-state index contributed by atoms with van der Waals surface area (Å²) in [6.07, 6.45) is 1.96. The smallest absolute Gasteiger partial charge is 0.213 e. The number of hydrogen-bond donors (Lipinski definition) is 0. The van der Waals surface area contributed by atoms with Crippen molar-refractivity contribution >= 4 is 6.29 Å². The highest BCUT2D eigenvalue weighted by molar-refractivity contribution is 5.76. The molecule has 2 rings (SSSR count). The molecule has 17 heavy (non-hydrogen) atoms. The Morgan fingerprint density at radius 3 is 2.94 bits per heavy atom. The Balaban J connectivity index is 2.15. The Kier molecular flexibility index (Phi) is 3.34. The SMILES string of the molecule is COc1ccc(C=O)cc1OCc1ncon1. The second-order valence-electron chi connectivity index (χ2n) is 3.16. The van der Waals surface area contributed by atoms with Crippen LogP contribution in [0.5, 0.6) is 11.5 Å². The molecule has 6 heteroatoms. The molecular formula is C11H10N2O4. The van der Waals surface area contributed by atoms with E-state index in [1.807, 2.05) is 0 Å². The van der Waals surface area contributed by atoms with Crippen LogP contribution in [0, 0.1) is 0 Å². The van der Waals surface area contributed by atoms with Crippen molar-refractivity contribution in [3.63, 3.8) is 0 Å². The van der Waals surface area contributed by atoms with Crippen LogP contribution in [-0.2, 0) is 6.61 Å². The van der Waals surface area contributed by atoms with Gasteiger partial charge >= 0.3 is 0 Å². The van der Waals surface area contributed by atoms with Crippen molar-refractivity contribution in [3.8, 4) is 11.5 Å². The number of aromatic nitrogens is 2. The maximum atomic E-state index is 10.7. The lowest BCUT2D eigenvalue weighted by molar-refractivity contribution is 0.112. The van der Waals surface area contributed by atoms with E-state index in [0.717, 1.165) is 6.29 Å². The van der Waals surface area contributed by atoms with Gasteiger partial charge in [0.1, 0.15) is 6.29 Å². The molecule has 0 bridgehead atoms. The van der Waals surface area contributed by atoms with Crippen molar-refractivity contribution in [2.45, 2.75) is 6.61 Å². The zero-order chi connectivity index (χ0) is 12.1. The molecule has 0 aliphatic carbocycles. The Morgan fingerprint density at radius 2 is 2.29 bits per heavy atom. The second-order valence-corrected chi connectivity index (χ2v) is 3.16. The van der Waals surface area contributed by atoms with Crippen LogP contribution in [0.2, 0.25) is 0 Å². The van der Waals surface area contributed by atoms with Gasteiger partial charge in [0.05, 0.1) is 7.11 Å². The van der Waals surface area contributed by atoms with Gasteiger partial charge in [-0.1, -0.05) is 5.16 Å². The fraction of sp³-hybridized carbons (Fsp3) is 0.182. The molecule has 2 aromatic rings. The molecule has 0 saturated carbocycles. The first-order valence-corrected chi connectivity index (χ1v) is 4.84. The minimum atomic E-state index is 0.148. The van der Waals surface area contributed by atoms with Gasteiger partial charge in [0.2, 0.25) is 12.2 Å². The molecule has 0 N–H and O–H groups in total. The van der Waals surface area contributed by atoms with Gasteiger partial charge in [0.15, 0.2) is 18.1 Å². The molecule has 6 nitrogen and oxygen atoms in total. The predicted octanol–water partition coefficient (Wildman–Crippen LogP) is 1.47. The number of carbonyl (C=O) groups excluding carboxylic acids is 1. The topological polar surface area (TPSA) is 74.5 Å².